The van der Waals surface area contributed by atoms with Crippen molar-refractivity contribution < 1.29 is 9.59 Å². The summed E-state index contributed by atoms with van der Waals surface area (Å²) in [5.74, 6) is -0.162. The van der Waals surface area contributed by atoms with Gasteiger partial charge in [-0.3, -0.25) is 9.59 Å². The molecular formula is C19H16O2. The lowest BCUT2D eigenvalue weighted by molar-refractivity contribution is 0.0979. The smallest absolute Gasteiger partial charge is 0.194 e. The number of benzene rings is 2. The SMILES string of the molecule is C=CC(C)(C)c1ccc2c(c1)C(=O)c1ccccc1C2=O. The third-order valence-electron chi connectivity index (χ3n) is 4.18. The molecule has 1 aliphatic carbocycles. The Kier molecular flexibility index (Phi) is 2.91. The first-order valence-electron chi connectivity index (χ1n) is 6.92. The second-order valence-corrected chi connectivity index (χ2v) is 5.89. The topological polar surface area (TPSA) is 34.1 Å². The van der Waals surface area contributed by atoms with E-state index in [1.807, 2.05) is 32.1 Å². The van der Waals surface area contributed by atoms with E-state index < -0.39 is 0 Å². The molecule has 0 saturated heterocycles. The van der Waals surface area contributed by atoms with Crippen molar-refractivity contribution in [2.75, 3.05) is 0 Å². The molecule has 2 aromatic rings. The highest BCUT2D eigenvalue weighted by molar-refractivity contribution is 6.28. The molecule has 0 spiro atoms. The quantitative estimate of drug-likeness (QED) is 0.665. The Bertz CT molecular complexity index is 782. The van der Waals surface area contributed by atoms with E-state index in [1.165, 1.54) is 0 Å². The molecule has 0 saturated carbocycles. The number of carbonyl (C=O) groups is 2. The van der Waals surface area contributed by atoms with Gasteiger partial charge in [-0.05, 0) is 17.7 Å². The zero-order chi connectivity index (χ0) is 15.2. The largest absolute Gasteiger partial charge is 0.289 e. The van der Waals surface area contributed by atoms with Crippen molar-refractivity contribution in [2.24, 2.45) is 0 Å². The van der Waals surface area contributed by atoms with Crippen molar-refractivity contribution >= 4 is 11.6 Å². The standard InChI is InChI=1S/C19H16O2/c1-4-19(2,3)12-9-10-15-16(11-12)18(21)14-8-6-5-7-13(14)17(15)20/h4-11H,1H2,2-3H3. The Morgan fingerprint density at radius 3 is 1.95 bits per heavy atom. The first-order chi connectivity index (χ1) is 9.95. The maximum absolute atomic E-state index is 12.6. The Hall–Kier alpha value is -2.48. The minimum Gasteiger partial charge on any atom is -0.289 e. The van der Waals surface area contributed by atoms with Crippen LogP contribution < -0.4 is 0 Å². The molecule has 2 nitrogen and oxygen atoms in total. The number of hydrogen-bond donors (Lipinski definition) is 0. The molecule has 0 heterocycles. The van der Waals surface area contributed by atoms with Gasteiger partial charge >= 0.3 is 0 Å². The molecule has 0 aromatic heterocycles. The van der Waals surface area contributed by atoms with Gasteiger partial charge in [0.1, 0.15) is 0 Å². The van der Waals surface area contributed by atoms with E-state index in [4.69, 9.17) is 0 Å². The fourth-order valence-corrected chi connectivity index (χ4v) is 2.62. The molecule has 0 atom stereocenters. The molecule has 104 valence electrons. The van der Waals surface area contributed by atoms with Crippen LogP contribution in [0.3, 0.4) is 0 Å². The van der Waals surface area contributed by atoms with Crippen molar-refractivity contribution in [3.8, 4) is 0 Å². The Labute approximate surface area is 124 Å². The fraction of sp³-hybridized carbons (Fsp3) is 0.158. The van der Waals surface area contributed by atoms with Gasteiger partial charge in [-0.15, -0.1) is 6.58 Å². The second-order valence-electron chi connectivity index (χ2n) is 5.89. The van der Waals surface area contributed by atoms with Crippen LogP contribution in [0.1, 0.15) is 51.3 Å². The molecule has 0 unspecified atom stereocenters. The normalized spacial score (nSPS) is 13.6. The van der Waals surface area contributed by atoms with Crippen molar-refractivity contribution in [1.29, 1.82) is 0 Å². The molecule has 1 aliphatic rings. The van der Waals surface area contributed by atoms with E-state index in [1.54, 1.807) is 30.3 Å². The van der Waals surface area contributed by atoms with Crippen molar-refractivity contribution in [3.05, 3.63) is 82.9 Å². The lowest BCUT2D eigenvalue weighted by atomic mass is 9.78. The number of hydrogen-bond acceptors (Lipinski definition) is 2. The van der Waals surface area contributed by atoms with Crippen molar-refractivity contribution in [2.45, 2.75) is 19.3 Å². The van der Waals surface area contributed by atoms with Crippen molar-refractivity contribution in [1.82, 2.24) is 0 Å². The van der Waals surface area contributed by atoms with E-state index in [2.05, 4.69) is 6.58 Å². The van der Waals surface area contributed by atoms with Crippen LogP contribution in [0.4, 0.5) is 0 Å². The lowest BCUT2D eigenvalue weighted by Crippen LogP contribution is -2.22. The number of rotatable bonds is 2. The molecule has 2 heteroatoms. The molecule has 2 aromatic carbocycles. The Morgan fingerprint density at radius 1 is 0.857 bits per heavy atom. The van der Waals surface area contributed by atoms with E-state index in [9.17, 15) is 9.59 Å². The monoisotopic (exact) mass is 276 g/mol. The zero-order valence-corrected chi connectivity index (χ0v) is 12.1. The third-order valence-corrected chi connectivity index (χ3v) is 4.18. The van der Waals surface area contributed by atoms with E-state index in [0.717, 1.165) is 5.56 Å². The van der Waals surface area contributed by atoms with Crippen LogP contribution in [0.15, 0.2) is 55.1 Å². The summed E-state index contributed by atoms with van der Waals surface area (Å²) in [5.41, 5.74) is 2.70. The Balaban J connectivity index is 2.22. The third kappa shape index (κ3) is 1.95. The molecular weight excluding hydrogens is 260 g/mol. The highest BCUT2D eigenvalue weighted by Gasteiger charge is 2.30. The van der Waals surface area contributed by atoms with Crippen LogP contribution in [0.25, 0.3) is 0 Å². The number of fused-ring (bicyclic) bond motifs is 2. The molecule has 3 rings (SSSR count). The first-order valence-corrected chi connectivity index (χ1v) is 6.92. The summed E-state index contributed by atoms with van der Waals surface area (Å²) in [6.07, 6.45) is 1.85. The molecule has 0 amide bonds. The van der Waals surface area contributed by atoms with Crippen LogP contribution in [-0.4, -0.2) is 11.6 Å². The summed E-state index contributed by atoms with van der Waals surface area (Å²) in [6.45, 7) is 7.90. The summed E-state index contributed by atoms with van der Waals surface area (Å²) in [7, 11) is 0. The predicted octanol–water partition coefficient (Wildman–Crippen LogP) is 3.93. The highest BCUT2D eigenvalue weighted by atomic mass is 16.1. The second kappa shape index (κ2) is 4.52. The lowest BCUT2D eigenvalue weighted by Gasteiger charge is -2.24. The number of carbonyl (C=O) groups excluding carboxylic acids is 2. The van der Waals surface area contributed by atoms with Gasteiger partial charge in [-0.25, -0.2) is 0 Å². The summed E-state index contributed by atoms with van der Waals surface area (Å²) in [6, 6.07) is 12.5. The minimum absolute atomic E-state index is 0.0804. The van der Waals surface area contributed by atoms with E-state index in [-0.39, 0.29) is 17.0 Å². The van der Waals surface area contributed by atoms with Crippen LogP contribution in [0, 0.1) is 0 Å². The summed E-state index contributed by atoms with van der Waals surface area (Å²) >= 11 is 0. The summed E-state index contributed by atoms with van der Waals surface area (Å²) in [4.78, 5) is 25.2. The van der Waals surface area contributed by atoms with Gasteiger partial charge in [0.05, 0.1) is 0 Å². The van der Waals surface area contributed by atoms with Gasteiger partial charge in [-0.1, -0.05) is 50.3 Å². The van der Waals surface area contributed by atoms with Crippen molar-refractivity contribution in [3.63, 3.8) is 0 Å². The molecule has 0 aliphatic heterocycles. The highest BCUT2D eigenvalue weighted by Crippen LogP contribution is 2.31. The molecule has 0 radical (unpaired) electrons. The van der Waals surface area contributed by atoms with Gasteiger partial charge in [0.25, 0.3) is 0 Å². The zero-order valence-electron chi connectivity index (χ0n) is 12.1. The van der Waals surface area contributed by atoms with E-state index >= 15 is 0 Å². The molecule has 21 heavy (non-hydrogen) atoms. The maximum Gasteiger partial charge on any atom is 0.194 e. The van der Waals surface area contributed by atoms with Crippen LogP contribution in [0.2, 0.25) is 0 Å². The molecule has 0 fully saturated rings. The Morgan fingerprint density at radius 2 is 1.38 bits per heavy atom. The molecule has 0 bridgehead atoms. The fourth-order valence-electron chi connectivity index (χ4n) is 2.62. The van der Waals surface area contributed by atoms with Gasteiger partial charge < -0.3 is 0 Å². The van der Waals surface area contributed by atoms with Gasteiger partial charge in [0.2, 0.25) is 0 Å². The average Bonchev–Trinajstić information content (AvgIpc) is 2.52. The number of allylic oxidation sites excluding steroid dienone is 1. The van der Waals surface area contributed by atoms with Gasteiger partial charge in [0.15, 0.2) is 11.6 Å². The van der Waals surface area contributed by atoms with Crippen LogP contribution in [-0.2, 0) is 5.41 Å². The average molecular weight is 276 g/mol. The van der Waals surface area contributed by atoms with Crippen LogP contribution in [0.5, 0.6) is 0 Å². The predicted molar refractivity (Wildman–Crippen MR) is 83.0 cm³/mol. The van der Waals surface area contributed by atoms with Gasteiger partial charge in [0, 0.05) is 27.7 Å². The maximum atomic E-state index is 12.6. The van der Waals surface area contributed by atoms with Gasteiger partial charge in [-0.2, -0.15) is 0 Å². The van der Waals surface area contributed by atoms with E-state index in [0.29, 0.717) is 22.3 Å². The first kappa shape index (κ1) is 13.5. The summed E-state index contributed by atoms with van der Waals surface area (Å²) in [5, 5.41) is 0. The number of ketones is 2. The molecule has 0 N–H and O–H groups in total. The minimum atomic E-state index is -0.241. The summed E-state index contributed by atoms with van der Waals surface area (Å²) < 4.78 is 0. The van der Waals surface area contributed by atoms with Crippen LogP contribution >= 0.6 is 0 Å².